The number of carbonyl (C=O) groups excluding carboxylic acids is 1. The van der Waals surface area contributed by atoms with Crippen molar-refractivity contribution >= 4 is 21.6 Å². The van der Waals surface area contributed by atoms with Gasteiger partial charge in [0.2, 0.25) is 15.9 Å². The summed E-state index contributed by atoms with van der Waals surface area (Å²) in [6.45, 7) is 7.17. The van der Waals surface area contributed by atoms with Gasteiger partial charge in [0, 0.05) is 6.04 Å². The van der Waals surface area contributed by atoms with Crippen LogP contribution in [0, 0.1) is 11.7 Å². The lowest BCUT2D eigenvalue weighted by atomic mass is 10.1. The van der Waals surface area contributed by atoms with E-state index in [0.29, 0.717) is 0 Å². The average molecular weight is 330 g/mol. The topological polar surface area (TPSA) is 66.5 Å². The fraction of sp³-hybridized carbons (Fsp3) is 0.533. The largest absolute Gasteiger partial charge is 0.352 e. The quantitative estimate of drug-likeness (QED) is 0.869. The van der Waals surface area contributed by atoms with Crippen molar-refractivity contribution in [3.05, 3.63) is 30.1 Å². The van der Waals surface area contributed by atoms with Crippen molar-refractivity contribution in [2.75, 3.05) is 10.6 Å². The van der Waals surface area contributed by atoms with Gasteiger partial charge in [-0.25, -0.2) is 12.8 Å². The Morgan fingerprint density at radius 3 is 2.18 bits per heavy atom. The number of amides is 1. The number of nitrogens with zero attached hydrogens (tertiary/aromatic N) is 1. The molecule has 1 amide bonds. The summed E-state index contributed by atoms with van der Waals surface area (Å²) < 4.78 is 38.8. The monoisotopic (exact) mass is 330 g/mol. The zero-order valence-electron chi connectivity index (χ0n) is 13.5. The molecular weight excluding hydrogens is 307 g/mol. The molecule has 0 heterocycles. The van der Waals surface area contributed by atoms with Crippen molar-refractivity contribution in [3.8, 4) is 0 Å². The molecule has 0 aromatic heterocycles. The molecule has 124 valence electrons. The number of hydrogen-bond donors (Lipinski definition) is 1. The molecular formula is C15H23FN2O3S. The van der Waals surface area contributed by atoms with Crippen molar-refractivity contribution in [2.24, 2.45) is 5.92 Å². The number of carbonyl (C=O) groups is 1. The molecule has 0 saturated heterocycles. The number of anilines is 1. The van der Waals surface area contributed by atoms with E-state index in [1.807, 2.05) is 20.8 Å². The molecule has 22 heavy (non-hydrogen) atoms. The van der Waals surface area contributed by atoms with Crippen LogP contribution >= 0.6 is 0 Å². The first-order valence-electron chi connectivity index (χ1n) is 7.10. The Bertz CT molecular complexity index is 631. The molecule has 1 aromatic carbocycles. The van der Waals surface area contributed by atoms with Gasteiger partial charge in [0.15, 0.2) is 0 Å². The normalized spacial score (nSPS) is 14.5. The SMILES string of the molecule is CC(C)[C@H](C)NC(=O)[C@@H](C)N(c1ccccc1F)S(C)(=O)=O. The van der Waals surface area contributed by atoms with Crippen molar-refractivity contribution in [3.63, 3.8) is 0 Å². The van der Waals surface area contributed by atoms with E-state index in [1.54, 1.807) is 0 Å². The molecule has 1 aromatic rings. The molecule has 0 saturated carbocycles. The van der Waals surface area contributed by atoms with Crippen LogP contribution in [0.15, 0.2) is 24.3 Å². The molecule has 7 heteroatoms. The van der Waals surface area contributed by atoms with E-state index in [4.69, 9.17) is 0 Å². The average Bonchev–Trinajstić information content (AvgIpc) is 2.39. The van der Waals surface area contributed by atoms with Crippen molar-refractivity contribution in [1.82, 2.24) is 5.32 Å². The third-order valence-corrected chi connectivity index (χ3v) is 4.78. The molecule has 0 radical (unpaired) electrons. The van der Waals surface area contributed by atoms with Crippen LogP contribution in [0.25, 0.3) is 0 Å². The molecule has 0 aliphatic heterocycles. The van der Waals surface area contributed by atoms with Crippen LogP contribution < -0.4 is 9.62 Å². The lowest BCUT2D eigenvalue weighted by Gasteiger charge is -2.30. The van der Waals surface area contributed by atoms with Crippen molar-refractivity contribution in [1.29, 1.82) is 0 Å². The molecule has 0 unspecified atom stereocenters. The Morgan fingerprint density at radius 1 is 1.18 bits per heavy atom. The van der Waals surface area contributed by atoms with Crippen molar-refractivity contribution < 1.29 is 17.6 Å². The van der Waals surface area contributed by atoms with Crippen molar-refractivity contribution in [2.45, 2.75) is 39.8 Å². The molecule has 1 N–H and O–H groups in total. The molecule has 1 rings (SSSR count). The minimum Gasteiger partial charge on any atom is -0.352 e. The molecule has 0 aliphatic carbocycles. The first-order valence-corrected chi connectivity index (χ1v) is 8.94. The van der Waals surface area contributed by atoms with Crippen LogP contribution in [0.4, 0.5) is 10.1 Å². The Hall–Kier alpha value is -1.63. The standard InChI is InChI=1S/C15H23FN2O3S/c1-10(2)11(3)17-15(19)12(4)18(22(5,20)21)14-9-7-6-8-13(14)16/h6-12H,1-5H3,(H,17,19)/t11-,12+/m0/s1. The number of benzene rings is 1. The summed E-state index contributed by atoms with van der Waals surface area (Å²) in [5.74, 6) is -0.948. The molecule has 0 bridgehead atoms. The van der Waals surface area contributed by atoms with E-state index < -0.39 is 27.8 Å². The first kappa shape index (κ1) is 18.4. The van der Waals surface area contributed by atoms with Gasteiger partial charge in [0.25, 0.3) is 0 Å². The highest BCUT2D eigenvalue weighted by atomic mass is 32.2. The summed E-state index contributed by atoms with van der Waals surface area (Å²) in [5, 5.41) is 2.75. The Kier molecular flexibility index (Phi) is 5.93. The summed E-state index contributed by atoms with van der Waals surface area (Å²) in [4.78, 5) is 12.3. The summed E-state index contributed by atoms with van der Waals surface area (Å²) in [6.07, 6.45) is 0.953. The van der Waals surface area contributed by atoms with Crippen LogP contribution in [-0.4, -0.2) is 32.7 Å². The predicted octanol–water partition coefficient (Wildman–Crippen LogP) is 2.14. The smallest absolute Gasteiger partial charge is 0.243 e. The zero-order chi connectivity index (χ0) is 17.1. The predicted molar refractivity (Wildman–Crippen MR) is 85.6 cm³/mol. The highest BCUT2D eigenvalue weighted by molar-refractivity contribution is 7.92. The maximum Gasteiger partial charge on any atom is 0.243 e. The molecule has 2 atom stereocenters. The fourth-order valence-corrected chi connectivity index (χ4v) is 3.10. The van der Waals surface area contributed by atoms with Gasteiger partial charge in [-0.15, -0.1) is 0 Å². The van der Waals surface area contributed by atoms with Gasteiger partial charge in [-0.1, -0.05) is 26.0 Å². The number of nitrogens with one attached hydrogen (secondary N) is 1. The van der Waals surface area contributed by atoms with Crippen LogP contribution in [0.2, 0.25) is 0 Å². The maximum atomic E-state index is 13.9. The summed E-state index contributed by atoms with van der Waals surface area (Å²) in [7, 11) is -3.81. The molecule has 5 nitrogen and oxygen atoms in total. The van der Waals surface area contributed by atoms with Gasteiger partial charge in [-0.05, 0) is 31.9 Å². The van der Waals surface area contributed by atoms with E-state index in [2.05, 4.69) is 5.32 Å². The van der Waals surface area contributed by atoms with E-state index in [1.165, 1.54) is 25.1 Å². The summed E-state index contributed by atoms with van der Waals surface area (Å²) in [6, 6.07) is 4.33. The second-order valence-corrected chi connectivity index (χ2v) is 7.59. The van der Waals surface area contributed by atoms with E-state index >= 15 is 0 Å². The van der Waals surface area contributed by atoms with Crippen LogP contribution in [0.5, 0.6) is 0 Å². The second kappa shape index (κ2) is 7.09. The number of para-hydroxylation sites is 1. The van der Waals surface area contributed by atoms with Gasteiger partial charge in [-0.3, -0.25) is 9.10 Å². The second-order valence-electron chi connectivity index (χ2n) is 5.73. The number of hydrogen-bond acceptors (Lipinski definition) is 3. The highest BCUT2D eigenvalue weighted by Gasteiger charge is 2.31. The fourth-order valence-electron chi connectivity index (χ4n) is 1.92. The minimum atomic E-state index is -3.81. The molecule has 0 fully saturated rings. The number of sulfonamides is 1. The van der Waals surface area contributed by atoms with E-state index in [0.717, 1.165) is 16.6 Å². The van der Waals surface area contributed by atoms with Gasteiger partial charge < -0.3 is 5.32 Å². The van der Waals surface area contributed by atoms with Gasteiger partial charge in [0.1, 0.15) is 11.9 Å². The van der Waals surface area contributed by atoms with Crippen LogP contribution in [0.3, 0.4) is 0 Å². The Labute approximate surface area is 131 Å². The Balaban J connectivity index is 3.14. The third-order valence-electron chi connectivity index (χ3n) is 3.55. The third kappa shape index (κ3) is 4.43. The first-order chi connectivity index (χ1) is 10.1. The molecule has 0 aliphatic rings. The maximum absolute atomic E-state index is 13.9. The summed E-state index contributed by atoms with van der Waals surface area (Å²) in [5.41, 5.74) is -0.134. The summed E-state index contributed by atoms with van der Waals surface area (Å²) >= 11 is 0. The minimum absolute atomic E-state index is 0.114. The van der Waals surface area contributed by atoms with E-state index in [9.17, 15) is 17.6 Å². The molecule has 0 spiro atoms. The van der Waals surface area contributed by atoms with Crippen LogP contribution in [0.1, 0.15) is 27.7 Å². The lowest BCUT2D eigenvalue weighted by molar-refractivity contribution is -0.122. The number of rotatable bonds is 6. The Morgan fingerprint density at radius 2 is 1.73 bits per heavy atom. The number of halogens is 1. The highest BCUT2D eigenvalue weighted by Crippen LogP contribution is 2.24. The lowest BCUT2D eigenvalue weighted by Crippen LogP contribution is -2.51. The zero-order valence-corrected chi connectivity index (χ0v) is 14.3. The van der Waals surface area contributed by atoms with Gasteiger partial charge in [-0.2, -0.15) is 0 Å². The van der Waals surface area contributed by atoms with Crippen LogP contribution in [-0.2, 0) is 14.8 Å². The van der Waals surface area contributed by atoms with Gasteiger partial charge >= 0.3 is 0 Å². The van der Waals surface area contributed by atoms with E-state index in [-0.39, 0.29) is 17.6 Å². The van der Waals surface area contributed by atoms with Gasteiger partial charge in [0.05, 0.1) is 11.9 Å².